The molecule has 37 heavy (non-hydrogen) atoms. The Balaban J connectivity index is 1.59. The zero-order chi connectivity index (χ0) is 27.3. The van der Waals surface area contributed by atoms with Crippen molar-refractivity contribution >= 4 is 5.91 Å². The number of halogens is 6. The standard InChI is InChI=1S/C26H29F6N3O2/c1-16(17-11-19(25(27,28)29)13-20(12-17)26(30,31)32)37-15-24(18-7-5-4-6-8-18)10-9-23(14-33-24)21(36)34-22(2,3)35-23/h4-8,11-13,16,33,35H,9-10,14-15H2,1-3H3,(H,34,36)/t16-,23+,24-/m1/s1. The summed E-state index contributed by atoms with van der Waals surface area (Å²) in [7, 11) is 0. The van der Waals surface area contributed by atoms with Gasteiger partial charge < -0.3 is 15.4 Å². The van der Waals surface area contributed by atoms with Gasteiger partial charge in [0.25, 0.3) is 0 Å². The predicted molar refractivity (Wildman–Crippen MR) is 124 cm³/mol. The first kappa shape index (κ1) is 27.4. The second kappa shape index (κ2) is 9.28. The minimum atomic E-state index is -4.94. The quantitative estimate of drug-likeness (QED) is 0.462. The molecule has 3 atom stereocenters. The fraction of sp³-hybridized carbons (Fsp3) is 0.500. The predicted octanol–water partition coefficient (Wildman–Crippen LogP) is 5.28. The topological polar surface area (TPSA) is 62.4 Å². The lowest BCUT2D eigenvalue weighted by Gasteiger charge is -2.45. The molecule has 1 spiro atoms. The summed E-state index contributed by atoms with van der Waals surface area (Å²) in [4.78, 5) is 12.8. The van der Waals surface area contributed by atoms with Crippen molar-refractivity contribution in [1.29, 1.82) is 0 Å². The van der Waals surface area contributed by atoms with Gasteiger partial charge in [0.1, 0.15) is 5.54 Å². The Morgan fingerprint density at radius 3 is 2.00 bits per heavy atom. The number of hydrogen-bond donors (Lipinski definition) is 3. The SMILES string of the molecule is C[C@@H](OC[C@@]1(c2ccccc2)CC[C@@]2(CN1)NC(C)(C)NC2=O)c1cc(C(F)(F)F)cc(C(F)(F)F)c1. The molecule has 2 saturated heterocycles. The van der Waals surface area contributed by atoms with Crippen LogP contribution in [0.5, 0.6) is 0 Å². The highest BCUT2D eigenvalue weighted by atomic mass is 19.4. The van der Waals surface area contributed by atoms with Gasteiger partial charge in [0.15, 0.2) is 0 Å². The largest absolute Gasteiger partial charge is 0.416 e. The molecule has 0 aliphatic carbocycles. The molecule has 0 unspecified atom stereocenters. The molecule has 202 valence electrons. The van der Waals surface area contributed by atoms with Crippen LogP contribution in [-0.2, 0) is 27.4 Å². The van der Waals surface area contributed by atoms with Crippen LogP contribution >= 0.6 is 0 Å². The Morgan fingerprint density at radius 1 is 0.946 bits per heavy atom. The first-order chi connectivity index (χ1) is 17.1. The summed E-state index contributed by atoms with van der Waals surface area (Å²) < 4.78 is 86.0. The molecule has 5 nitrogen and oxygen atoms in total. The van der Waals surface area contributed by atoms with Crippen LogP contribution in [0.25, 0.3) is 0 Å². The smallest absolute Gasteiger partial charge is 0.372 e. The van der Waals surface area contributed by atoms with Crippen LogP contribution in [0.3, 0.4) is 0 Å². The number of piperidine rings is 1. The number of alkyl halides is 6. The van der Waals surface area contributed by atoms with Crippen molar-refractivity contribution in [2.45, 2.75) is 68.8 Å². The van der Waals surface area contributed by atoms with Gasteiger partial charge >= 0.3 is 12.4 Å². The van der Waals surface area contributed by atoms with Crippen LogP contribution in [0.2, 0.25) is 0 Å². The zero-order valence-corrected chi connectivity index (χ0v) is 20.6. The Morgan fingerprint density at radius 2 is 1.54 bits per heavy atom. The van der Waals surface area contributed by atoms with Gasteiger partial charge in [-0.15, -0.1) is 0 Å². The minimum Gasteiger partial charge on any atom is -0.372 e. The molecule has 0 aromatic heterocycles. The molecule has 2 aliphatic rings. The lowest BCUT2D eigenvalue weighted by Crippen LogP contribution is -2.65. The van der Waals surface area contributed by atoms with Crippen LogP contribution in [0, 0.1) is 0 Å². The Labute approximate surface area is 211 Å². The first-order valence-corrected chi connectivity index (χ1v) is 11.9. The first-order valence-electron chi connectivity index (χ1n) is 11.9. The number of benzene rings is 2. The molecule has 0 saturated carbocycles. The van der Waals surface area contributed by atoms with E-state index in [0.717, 1.165) is 5.56 Å². The molecule has 2 fully saturated rings. The summed E-state index contributed by atoms with van der Waals surface area (Å²) in [6.45, 7) is 5.36. The van der Waals surface area contributed by atoms with E-state index in [4.69, 9.17) is 4.74 Å². The molecule has 11 heteroatoms. The summed E-state index contributed by atoms with van der Waals surface area (Å²) in [5.74, 6) is -0.135. The van der Waals surface area contributed by atoms with Crippen molar-refractivity contribution < 1.29 is 35.9 Å². The van der Waals surface area contributed by atoms with E-state index in [1.54, 1.807) is 0 Å². The van der Waals surface area contributed by atoms with Crippen LogP contribution in [0.4, 0.5) is 26.3 Å². The third-order valence-electron chi connectivity index (χ3n) is 7.11. The van der Waals surface area contributed by atoms with Gasteiger partial charge in [0.05, 0.1) is 35.0 Å². The highest BCUT2D eigenvalue weighted by molar-refractivity contribution is 5.90. The number of nitrogens with one attached hydrogen (secondary N) is 3. The van der Waals surface area contributed by atoms with Crippen LogP contribution in [-0.4, -0.2) is 30.3 Å². The summed E-state index contributed by atoms with van der Waals surface area (Å²) in [5, 5.41) is 9.68. The number of hydrogen-bond acceptors (Lipinski definition) is 4. The van der Waals surface area contributed by atoms with Crippen molar-refractivity contribution in [2.75, 3.05) is 13.2 Å². The number of carbonyl (C=O) groups excluding carboxylic acids is 1. The van der Waals surface area contributed by atoms with E-state index in [1.807, 2.05) is 44.2 Å². The van der Waals surface area contributed by atoms with Gasteiger partial charge in [-0.3, -0.25) is 10.1 Å². The second-order valence-corrected chi connectivity index (χ2v) is 10.4. The molecule has 2 aromatic rings. The van der Waals surface area contributed by atoms with E-state index < -0.39 is 46.3 Å². The van der Waals surface area contributed by atoms with E-state index >= 15 is 0 Å². The summed E-state index contributed by atoms with van der Waals surface area (Å²) in [5.41, 5.74) is -4.38. The Hall–Kier alpha value is -2.63. The van der Waals surface area contributed by atoms with Gasteiger partial charge in [-0.2, -0.15) is 26.3 Å². The zero-order valence-electron chi connectivity index (χ0n) is 20.6. The average Bonchev–Trinajstić information content (AvgIpc) is 3.05. The van der Waals surface area contributed by atoms with Gasteiger partial charge in [-0.25, -0.2) is 0 Å². The maximum absolute atomic E-state index is 13.3. The van der Waals surface area contributed by atoms with Crippen molar-refractivity contribution in [1.82, 2.24) is 16.0 Å². The van der Waals surface area contributed by atoms with Crippen LogP contribution in [0.15, 0.2) is 48.5 Å². The summed E-state index contributed by atoms with van der Waals surface area (Å²) >= 11 is 0. The molecule has 3 N–H and O–H groups in total. The normalized spacial score (nSPS) is 26.8. The van der Waals surface area contributed by atoms with E-state index in [0.29, 0.717) is 25.0 Å². The Bertz CT molecular complexity index is 1110. The monoisotopic (exact) mass is 529 g/mol. The lowest BCUT2D eigenvalue weighted by molar-refractivity contribution is -0.143. The average molecular weight is 530 g/mol. The van der Waals surface area contributed by atoms with E-state index in [9.17, 15) is 31.1 Å². The number of amides is 1. The molecule has 2 aromatic carbocycles. The Kier molecular flexibility index (Phi) is 6.88. The maximum Gasteiger partial charge on any atom is 0.416 e. The van der Waals surface area contributed by atoms with E-state index in [1.165, 1.54) is 6.92 Å². The molecule has 2 heterocycles. The third kappa shape index (κ3) is 5.63. The molecule has 0 bridgehead atoms. The van der Waals surface area contributed by atoms with Crippen molar-refractivity contribution in [3.63, 3.8) is 0 Å². The highest BCUT2D eigenvalue weighted by Gasteiger charge is 2.54. The minimum absolute atomic E-state index is 0.0309. The van der Waals surface area contributed by atoms with Gasteiger partial charge in [0, 0.05) is 6.54 Å². The number of carbonyl (C=O) groups is 1. The lowest BCUT2D eigenvalue weighted by atomic mass is 9.76. The van der Waals surface area contributed by atoms with Crippen LogP contribution < -0.4 is 16.0 Å². The maximum atomic E-state index is 13.3. The summed E-state index contributed by atoms with van der Waals surface area (Å²) in [6, 6.07) is 10.7. The fourth-order valence-corrected chi connectivity index (χ4v) is 5.10. The van der Waals surface area contributed by atoms with Crippen molar-refractivity contribution in [2.24, 2.45) is 0 Å². The van der Waals surface area contributed by atoms with E-state index in [-0.39, 0.29) is 30.7 Å². The molecule has 2 aliphatic heterocycles. The summed E-state index contributed by atoms with van der Waals surface area (Å²) in [6.07, 6.45) is -10.1. The molecule has 1 amide bonds. The fourth-order valence-electron chi connectivity index (χ4n) is 5.10. The third-order valence-corrected chi connectivity index (χ3v) is 7.11. The van der Waals surface area contributed by atoms with Crippen LogP contribution in [0.1, 0.15) is 62.0 Å². The van der Waals surface area contributed by atoms with Gasteiger partial charge in [0.2, 0.25) is 5.91 Å². The second-order valence-electron chi connectivity index (χ2n) is 10.4. The molecule has 4 rings (SSSR count). The van der Waals surface area contributed by atoms with Crippen molar-refractivity contribution in [3.8, 4) is 0 Å². The van der Waals surface area contributed by atoms with E-state index in [2.05, 4.69) is 16.0 Å². The number of rotatable bonds is 5. The molecular weight excluding hydrogens is 500 g/mol. The number of ether oxygens (including phenoxy) is 1. The highest BCUT2D eigenvalue weighted by Crippen LogP contribution is 2.40. The molecular formula is C26H29F6N3O2. The van der Waals surface area contributed by atoms with Gasteiger partial charge in [-0.05, 0) is 62.9 Å². The molecule has 0 radical (unpaired) electrons. The van der Waals surface area contributed by atoms with Crippen molar-refractivity contribution in [3.05, 3.63) is 70.8 Å². The van der Waals surface area contributed by atoms with Gasteiger partial charge in [-0.1, -0.05) is 30.3 Å².